The van der Waals surface area contributed by atoms with Crippen LogP contribution >= 0.6 is 23.1 Å². The highest BCUT2D eigenvalue weighted by Gasteiger charge is 2.25. The molecular weight excluding hydrogens is 382 g/mol. The lowest BCUT2D eigenvalue weighted by Crippen LogP contribution is -2.19. The van der Waals surface area contributed by atoms with Crippen LogP contribution in [0.25, 0.3) is 0 Å². The van der Waals surface area contributed by atoms with Gasteiger partial charge >= 0.3 is 0 Å². The van der Waals surface area contributed by atoms with Gasteiger partial charge in [0.2, 0.25) is 5.91 Å². The highest BCUT2D eigenvalue weighted by Crippen LogP contribution is 2.38. The zero-order valence-electron chi connectivity index (χ0n) is 15.1. The molecule has 0 saturated heterocycles. The molecule has 3 heterocycles. The topological polar surface area (TPSA) is 103 Å². The Labute approximate surface area is 166 Å². The van der Waals surface area contributed by atoms with Crippen molar-refractivity contribution >= 4 is 39.9 Å². The van der Waals surface area contributed by atoms with Gasteiger partial charge in [-0.25, -0.2) is 0 Å². The summed E-state index contributed by atoms with van der Waals surface area (Å²) < 4.78 is 2.13. The summed E-state index contributed by atoms with van der Waals surface area (Å²) in [5.74, 6) is 0.642. The van der Waals surface area contributed by atoms with Crippen LogP contribution in [0.4, 0.5) is 5.00 Å². The Morgan fingerprint density at radius 2 is 1.93 bits per heavy atom. The molecule has 27 heavy (non-hydrogen) atoms. The number of hydrogen-bond acceptors (Lipinski definition) is 6. The molecule has 0 radical (unpaired) electrons. The summed E-state index contributed by atoms with van der Waals surface area (Å²) in [4.78, 5) is 25.6. The van der Waals surface area contributed by atoms with Crippen LogP contribution in [0, 0.1) is 0 Å². The number of anilines is 1. The van der Waals surface area contributed by atoms with Crippen molar-refractivity contribution in [2.45, 2.75) is 63.1 Å². The van der Waals surface area contributed by atoms with E-state index in [9.17, 15) is 9.59 Å². The normalized spacial score (nSPS) is 16.3. The number of nitrogens with zero attached hydrogens (tertiary/aromatic N) is 3. The van der Waals surface area contributed by atoms with Crippen LogP contribution in [0.2, 0.25) is 0 Å². The Kier molecular flexibility index (Phi) is 5.49. The van der Waals surface area contributed by atoms with Crippen molar-refractivity contribution in [3.05, 3.63) is 21.8 Å². The molecule has 4 rings (SSSR count). The molecule has 2 aliphatic rings. The second kappa shape index (κ2) is 8.02. The fraction of sp³-hybridized carbons (Fsp3) is 0.556. The average molecular weight is 406 g/mol. The first-order valence-corrected chi connectivity index (χ1v) is 11.2. The predicted molar refractivity (Wildman–Crippen MR) is 106 cm³/mol. The number of hydrogen-bond donors (Lipinski definition) is 2. The molecule has 1 aliphatic carbocycles. The van der Waals surface area contributed by atoms with Crippen LogP contribution < -0.4 is 11.1 Å². The van der Waals surface area contributed by atoms with Crippen LogP contribution in [0.3, 0.4) is 0 Å². The molecule has 0 bridgehead atoms. The molecular formula is C18H23N5O2S2. The zero-order chi connectivity index (χ0) is 18.8. The summed E-state index contributed by atoms with van der Waals surface area (Å²) in [6.07, 6.45) is 8.40. The van der Waals surface area contributed by atoms with E-state index in [0.29, 0.717) is 10.6 Å². The van der Waals surface area contributed by atoms with Crippen LogP contribution in [-0.2, 0) is 30.6 Å². The maximum atomic E-state index is 12.5. The van der Waals surface area contributed by atoms with Crippen LogP contribution in [0.5, 0.6) is 0 Å². The predicted octanol–water partition coefficient (Wildman–Crippen LogP) is 2.77. The second-order valence-corrected chi connectivity index (χ2v) is 9.02. The van der Waals surface area contributed by atoms with E-state index in [1.807, 2.05) is 0 Å². The Balaban J connectivity index is 1.44. The van der Waals surface area contributed by atoms with E-state index in [1.165, 1.54) is 34.4 Å². The van der Waals surface area contributed by atoms with E-state index in [2.05, 4.69) is 20.1 Å². The number of aryl methyl sites for hydroxylation is 2. The number of carbonyl (C=O) groups is 2. The van der Waals surface area contributed by atoms with E-state index in [-0.39, 0.29) is 11.7 Å². The van der Waals surface area contributed by atoms with Crippen molar-refractivity contribution in [2.75, 3.05) is 11.1 Å². The number of carbonyl (C=O) groups excluding carboxylic acids is 2. The SMILES string of the molecule is NC(=O)c1c(NC(=O)CSc2nnc3n2CCCCC3)sc2c1CCCC2. The number of nitrogens with one attached hydrogen (secondary N) is 1. The standard InChI is InChI=1S/C18H23N5O2S2/c19-16(25)15-11-6-3-4-7-12(11)27-17(15)20-14(24)10-26-18-22-21-13-8-2-1-5-9-23(13)18/h1-10H2,(H2,19,25)(H,20,24). The monoisotopic (exact) mass is 405 g/mol. The van der Waals surface area contributed by atoms with E-state index in [4.69, 9.17) is 5.73 Å². The highest BCUT2D eigenvalue weighted by atomic mass is 32.2. The summed E-state index contributed by atoms with van der Waals surface area (Å²) in [7, 11) is 0. The molecule has 0 fully saturated rings. The molecule has 0 unspecified atom stereocenters. The van der Waals surface area contributed by atoms with Crippen molar-refractivity contribution in [3.63, 3.8) is 0 Å². The number of nitrogens with two attached hydrogens (primary N) is 1. The minimum Gasteiger partial charge on any atom is -0.365 e. The van der Waals surface area contributed by atoms with Gasteiger partial charge < -0.3 is 15.6 Å². The number of thioether (sulfide) groups is 1. The van der Waals surface area contributed by atoms with Crippen LogP contribution in [0.15, 0.2) is 5.16 Å². The first-order chi connectivity index (χ1) is 13.1. The largest absolute Gasteiger partial charge is 0.365 e. The third-order valence-electron chi connectivity index (χ3n) is 5.08. The average Bonchev–Trinajstić information content (AvgIpc) is 3.12. The number of rotatable bonds is 5. The number of amides is 2. The molecule has 0 aromatic carbocycles. The van der Waals surface area contributed by atoms with E-state index in [0.717, 1.165) is 68.0 Å². The lowest BCUT2D eigenvalue weighted by atomic mass is 9.95. The van der Waals surface area contributed by atoms with Crippen molar-refractivity contribution in [2.24, 2.45) is 5.73 Å². The molecule has 144 valence electrons. The molecule has 1 aliphatic heterocycles. The number of aromatic nitrogens is 3. The Morgan fingerprint density at radius 3 is 2.78 bits per heavy atom. The molecule has 2 aromatic heterocycles. The minimum absolute atomic E-state index is 0.146. The fourth-order valence-electron chi connectivity index (χ4n) is 3.77. The summed E-state index contributed by atoms with van der Waals surface area (Å²) in [6, 6.07) is 0. The number of thiophene rings is 1. The van der Waals surface area contributed by atoms with E-state index >= 15 is 0 Å². The Hall–Kier alpha value is -1.87. The summed E-state index contributed by atoms with van der Waals surface area (Å²) in [5.41, 5.74) is 7.13. The van der Waals surface area contributed by atoms with Gasteiger partial charge in [0, 0.05) is 17.8 Å². The maximum absolute atomic E-state index is 12.5. The van der Waals surface area contributed by atoms with Gasteiger partial charge in [-0.1, -0.05) is 18.2 Å². The second-order valence-electron chi connectivity index (χ2n) is 6.98. The zero-order valence-corrected chi connectivity index (χ0v) is 16.8. The maximum Gasteiger partial charge on any atom is 0.251 e. The lowest BCUT2D eigenvalue weighted by Gasteiger charge is -2.11. The fourth-order valence-corrected chi connectivity index (χ4v) is 5.87. The molecule has 2 aromatic rings. The quantitative estimate of drug-likeness (QED) is 0.745. The van der Waals surface area contributed by atoms with Crippen molar-refractivity contribution in [1.29, 1.82) is 0 Å². The van der Waals surface area contributed by atoms with Gasteiger partial charge in [0.1, 0.15) is 10.8 Å². The lowest BCUT2D eigenvalue weighted by molar-refractivity contribution is -0.113. The first kappa shape index (κ1) is 18.5. The van der Waals surface area contributed by atoms with Crippen LogP contribution in [-0.4, -0.2) is 32.3 Å². The van der Waals surface area contributed by atoms with E-state index < -0.39 is 5.91 Å². The van der Waals surface area contributed by atoms with Crippen molar-refractivity contribution in [3.8, 4) is 0 Å². The molecule has 0 saturated carbocycles. The third-order valence-corrected chi connectivity index (χ3v) is 7.25. The van der Waals surface area contributed by atoms with Gasteiger partial charge in [0.25, 0.3) is 5.91 Å². The number of primary amides is 1. The molecule has 2 amide bonds. The molecule has 0 atom stereocenters. The molecule has 3 N–H and O–H groups in total. The minimum atomic E-state index is -0.458. The van der Waals surface area contributed by atoms with Gasteiger partial charge in [-0.15, -0.1) is 21.5 Å². The molecule has 0 spiro atoms. The van der Waals surface area contributed by atoms with E-state index in [1.54, 1.807) is 0 Å². The van der Waals surface area contributed by atoms with Crippen LogP contribution in [0.1, 0.15) is 58.7 Å². The number of fused-ring (bicyclic) bond motifs is 2. The van der Waals surface area contributed by atoms with Gasteiger partial charge in [-0.2, -0.15) is 0 Å². The summed E-state index contributed by atoms with van der Waals surface area (Å²) in [6.45, 7) is 0.912. The van der Waals surface area contributed by atoms with Crippen molar-refractivity contribution in [1.82, 2.24) is 14.8 Å². The Morgan fingerprint density at radius 1 is 1.11 bits per heavy atom. The smallest absolute Gasteiger partial charge is 0.251 e. The third kappa shape index (κ3) is 3.89. The van der Waals surface area contributed by atoms with Gasteiger partial charge in [-0.05, 0) is 44.1 Å². The Bertz CT molecular complexity index is 873. The summed E-state index contributed by atoms with van der Waals surface area (Å²) >= 11 is 2.89. The molecule has 9 heteroatoms. The van der Waals surface area contributed by atoms with Gasteiger partial charge in [-0.3, -0.25) is 9.59 Å². The summed E-state index contributed by atoms with van der Waals surface area (Å²) in [5, 5.41) is 12.8. The van der Waals surface area contributed by atoms with Gasteiger partial charge in [0.05, 0.1) is 11.3 Å². The van der Waals surface area contributed by atoms with Gasteiger partial charge in [0.15, 0.2) is 5.16 Å². The first-order valence-electron chi connectivity index (χ1n) is 9.42. The highest BCUT2D eigenvalue weighted by molar-refractivity contribution is 7.99. The van der Waals surface area contributed by atoms with Crippen molar-refractivity contribution < 1.29 is 9.59 Å². The molecule has 7 nitrogen and oxygen atoms in total.